The van der Waals surface area contributed by atoms with Crippen molar-refractivity contribution in [2.24, 2.45) is 5.92 Å². The highest BCUT2D eigenvalue weighted by Gasteiger charge is 2.26. The standard InChI is InChI=1S/C16H18N2O3/c1-10(2)13(16(20)21-3)18-15(19)12-8-4-6-11-7-5-9-17-14(11)12/h4-10,13H,1-3H3,(H,18,19)/t13-/m1/s1. The topological polar surface area (TPSA) is 68.3 Å². The maximum absolute atomic E-state index is 12.4. The Morgan fingerprint density at radius 1 is 1.19 bits per heavy atom. The second kappa shape index (κ2) is 6.35. The molecule has 110 valence electrons. The number of rotatable bonds is 4. The van der Waals surface area contributed by atoms with Gasteiger partial charge in [0.25, 0.3) is 5.91 Å². The number of benzene rings is 1. The second-order valence-corrected chi connectivity index (χ2v) is 5.10. The minimum atomic E-state index is -0.679. The Morgan fingerprint density at radius 3 is 2.57 bits per heavy atom. The van der Waals surface area contributed by atoms with E-state index in [-0.39, 0.29) is 11.8 Å². The number of methoxy groups -OCH3 is 1. The van der Waals surface area contributed by atoms with E-state index in [1.54, 1.807) is 18.3 Å². The number of esters is 1. The molecule has 0 saturated heterocycles. The Labute approximate surface area is 123 Å². The van der Waals surface area contributed by atoms with Crippen molar-refractivity contribution in [3.8, 4) is 0 Å². The third-order valence-electron chi connectivity index (χ3n) is 3.29. The Balaban J connectivity index is 2.32. The summed E-state index contributed by atoms with van der Waals surface area (Å²) >= 11 is 0. The molecule has 1 N–H and O–H groups in total. The smallest absolute Gasteiger partial charge is 0.328 e. The van der Waals surface area contributed by atoms with Crippen LogP contribution in [-0.2, 0) is 9.53 Å². The molecule has 2 aromatic rings. The molecule has 1 aromatic carbocycles. The molecule has 1 heterocycles. The van der Waals surface area contributed by atoms with Crippen LogP contribution < -0.4 is 5.32 Å². The third kappa shape index (κ3) is 3.18. The van der Waals surface area contributed by atoms with E-state index in [0.717, 1.165) is 5.39 Å². The predicted octanol–water partition coefficient (Wildman–Crippen LogP) is 2.16. The van der Waals surface area contributed by atoms with E-state index in [1.165, 1.54) is 7.11 Å². The number of carbonyl (C=O) groups excluding carboxylic acids is 2. The summed E-state index contributed by atoms with van der Waals surface area (Å²) in [5.41, 5.74) is 1.06. The zero-order valence-electron chi connectivity index (χ0n) is 12.3. The largest absolute Gasteiger partial charge is 0.467 e. The van der Waals surface area contributed by atoms with Crippen LogP contribution in [0.5, 0.6) is 0 Å². The zero-order valence-corrected chi connectivity index (χ0v) is 12.3. The average molecular weight is 286 g/mol. The minimum Gasteiger partial charge on any atom is -0.467 e. The molecule has 0 aliphatic rings. The maximum atomic E-state index is 12.4. The molecule has 0 fully saturated rings. The van der Waals surface area contributed by atoms with Crippen LogP contribution in [0.1, 0.15) is 24.2 Å². The van der Waals surface area contributed by atoms with Gasteiger partial charge in [-0.25, -0.2) is 4.79 Å². The average Bonchev–Trinajstić information content (AvgIpc) is 2.50. The second-order valence-electron chi connectivity index (χ2n) is 5.10. The molecule has 1 aromatic heterocycles. The van der Waals surface area contributed by atoms with Crippen molar-refractivity contribution >= 4 is 22.8 Å². The Hall–Kier alpha value is -2.43. The summed E-state index contributed by atoms with van der Waals surface area (Å²) in [6, 6.07) is 8.40. The van der Waals surface area contributed by atoms with Crippen LogP contribution in [0.4, 0.5) is 0 Å². The van der Waals surface area contributed by atoms with Crippen molar-refractivity contribution in [1.82, 2.24) is 10.3 Å². The molecule has 2 rings (SSSR count). The van der Waals surface area contributed by atoms with E-state index in [1.807, 2.05) is 32.0 Å². The number of fused-ring (bicyclic) bond motifs is 1. The summed E-state index contributed by atoms with van der Waals surface area (Å²) in [7, 11) is 1.31. The van der Waals surface area contributed by atoms with Gasteiger partial charge in [-0.2, -0.15) is 0 Å². The first-order valence-corrected chi connectivity index (χ1v) is 6.77. The number of nitrogens with one attached hydrogen (secondary N) is 1. The van der Waals surface area contributed by atoms with Gasteiger partial charge in [-0.05, 0) is 18.1 Å². The minimum absolute atomic E-state index is 0.0654. The lowest BCUT2D eigenvalue weighted by atomic mass is 10.0. The van der Waals surface area contributed by atoms with Crippen LogP contribution in [0.3, 0.4) is 0 Å². The molecular formula is C16H18N2O3. The highest BCUT2D eigenvalue weighted by Crippen LogP contribution is 2.16. The van der Waals surface area contributed by atoms with Crippen molar-refractivity contribution in [2.75, 3.05) is 7.11 Å². The number of hydrogen-bond acceptors (Lipinski definition) is 4. The van der Waals surface area contributed by atoms with Crippen LogP contribution in [0.2, 0.25) is 0 Å². The van der Waals surface area contributed by atoms with Crippen LogP contribution >= 0.6 is 0 Å². The van der Waals surface area contributed by atoms with E-state index < -0.39 is 12.0 Å². The number of aromatic nitrogens is 1. The van der Waals surface area contributed by atoms with Crippen molar-refractivity contribution in [3.05, 3.63) is 42.1 Å². The molecule has 0 aliphatic heterocycles. The Kier molecular flexibility index (Phi) is 4.52. The summed E-state index contributed by atoms with van der Waals surface area (Å²) in [4.78, 5) is 28.4. The molecule has 0 unspecified atom stereocenters. The lowest BCUT2D eigenvalue weighted by Gasteiger charge is -2.20. The summed E-state index contributed by atoms with van der Waals surface area (Å²) in [5.74, 6) is -0.848. The quantitative estimate of drug-likeness (QED) is 0.875. The van der Waals surface area contributed by atoms with Gasteiger partial charge in [-0.3, -0.25) is 9.78 Å². The SMILES string of the molecule is COC(=O)[C@H](NC(=O)c1cccc2cccnc12)C(C)C. The van der Waals surface area contributed by atoms with Crippen LogP contribution in [0.25, 0.3) is 10.9 Å². The number of pyridine rings is 1. The lowest BCUT2D eigenvalue weighted by molar-refractivity contribution is -0.144. The molecule has 0 aliphatic carbocycles. The molecular weight excluding hydrogens is 268 g/mol. The first kappa shape index (κ1) is 15.0. The first-order valence-electron chi connectivity index (χ1n) is 6.77. The molecule has 5 nitrogen and oxygen atoms in total. The van der Waals surface area contributed by atoms with Gasteiger partial charge in [0.2, 0.25) is 0 Å². The number of para-hydroxylation sites is 1. The molecule has 21 heavy (non-hydrogen) atoms. The summed E-state index contributed by atoms with van der Waals surface area (Å²) < 4.78 is 4.73. The molecule has 0 saturated carbocycles. The van der Waals surface area contributed by atoms with E-state index >= 15 is 0 Å². The van der Waals surface area contributed by atoms with Gasteiger partial charge in [-0.1, -0.05) is 32.0 Å². The van der Waals surface area contributed by atoms with Gasteiger partial charge in [-0.15, -0.1) is 0 Å². The van der Waals surface area contributed by atoms with Crippen molar-refractivity contribution < 1.29 is 14.3 Å². The summed E-state index contributed by atoms with van der Waals surface area (Å²) in [6.07, 6.45) is 1.64. The molecule has 0 bridgehead atoms. The van der Waals surface area contributed by atoms with E-state index in [9.17, 15) is 9.59 Å². The third-order valence-corrected chi connectivity index (χ3v) is 3.29. The lowest BCUT2D eigenvalue weighted by Crippen LogP contribution is -2.45. The number of hydrogen-bond donors (Lipinski definition) is 1. The molecule has 5 heteroatoms. The summed E-state index contributed by atoms with van der Waals surface area (Å²) in [5, 5.41) is 3.60. The van der Waals surface area contributed by atoms with Gasteiger partial charge >= 0.3 is 5.97 Å². The van der Waals surface area contributed by atoms with Gasteiger partial charge in [0.05, 0.1) is 18.2 Å². The van der Waals surface area contributed by atoms with Gasteiger partial charge in [0.1, 0.15) is 6.04 Å². The predicted molar refractivity (Wildman–Crippen MR) is 79.9 cm³/mol. The normalized spacial score (nSPS) is 12.2. The van der Waals surface area contributed by atoms with Crippen molar-refractivity contribution in [1.29, 1.82) is 0 Å². The number of carbonyl (C=O) groups is 2. The molecule has 0 spiro atoms. The Morgan fingerprint density at radius 2 is 1.90 bits per heavy atom. The fraction of sp³-hybridized carbons (Fsp3) is 0.312. The van der Waals surface area contributed by atoms with Crippen LogP contribution in [-0.4, -0.2) is 30.0 Å². The van der Waals surface area contributed by atoms with Crippen LogP contribution in [0.15, 0.2) is 36.5 Å². The highest BCUT2D eigenvalue weighted by atomic mass is 16.5. The fourth-order valence-corrected chi connectivity index (χ4v) is 2.13. The monoisotopic (exact) mass is 286 g/mol. The van der Waals surface area contributed by atoms with Gasteiger partial charge < -0.3 is 10.1 Å². The summed E-state index contributed by atoms with van der Waals surface area (Å²) in [6.45, 7) is 3.70. The van der Waals surface area contributed by atoms with Gasteiger partial charge in [0, 0.05) is 11.6 Å². The fourth-order valence-electron chi connectivity index (χ4n) is 2.13. The van der Waals surface area contributed by atoms with E-state index in [0.29, 0.717) is 11.1 Å². The number of nitrogens with zero attached hydrogens (tertiary/aromatic N) is 1. The van der Waals surface area contributed by atoms with Gasteiger partial charge in [0.15, 0.2) is 0 Å². The van der Waals surface area contributed by atoms with E-state index in [4.69, 9.17) is 4.74 Å². The first-order chi connectivity index (χ1) is 10.0. The molecule has 0 radical (unpaired) electrons. The molecule has 1 atom stereocenters. The maximum Gasteiger partial charge on any atom is 0.328 e. The van der Waals surface area contributed by atoms with E-state index in [2.05, 4.69) is 10.3 Å². The van der Waals surface area contributed by atoms with Crippen molar-refractivity contribution in [2.45, 2.75) is 19.9 Å². The Bertz CT molecular complexity index is 662. The number of amides is 1. The molecule has 1 amide bonds. The number of ether oxygens (including phenoxy) is 1. The van der Waals surface area contributed by atoms with Crippen LogP contribution in [0, 0.1) is 5.92 Å². The highest BCUT2D eigenvalue weighted by molar-refractivity contribution is 6.06. The zero-order chi connectivity index (χ0) is 15.4. The van der Waals surface area contributed by atoms with Crippen molar-refractivity contribution in [3.63, 3.8) is 0 Å².